The minimum absolute atomic E-state index is 0.0166. The normalized spacial score (nSPS) is 10.9. The molecular formula is C17H18N4O3. The van der Waals surface area contributed by atoms with Gasteiger partial charge in [-0.1, -0.05) is 31.2 Å². The summed E-state index contributed by atoms with van der Waals surface area (Å²) in [5.41, 5.74) is 13.8. The summed E-state index contributed by atoms with van der Waals surface area (Å²) >= 11 is 0. The van der Waals surface area contributed by atoms with E-state index in [1.54, 1.807) is 6.92 Å². The Balaban J connectivity index is 2.27. The number of furan rings is 1. The van der Waals surface area contributed by atoms with Gasteiger partial charge in [-0.25, -0.2) is 4.79 Å². The monoisotopic (exact) mass is 326 g/mol. The summed E-state index contributed by atoms with van der Waals surface area (Å²) < 4.78 is 10.9. The molecule has 0 spiro atoms. The Hall–Kier alpha value is -3.09. The second-order valence-corrected chi connectivity index (χ2v) is 5.22. The van der Waals surface area contributed by atoms with E-state index < -0.39 is 5.97 Å². The summed E-state index contributed by atoms with van der Waals surface area (Å²) in [6.07, 6.45) is 0.917. The molecule has 124 valence electrons. The predicted octanol–water partition coefficient (Wildman–Crippen LogP) is 2.79. The van der Waals surface area contributed by atoms with Crippen molar-refractivity contribution in [3.8, 4) is 11.3 Å². The Morgan fingerprint density at radius 2 is 1.88 bits per heavy atom. The lowest BCUT2D eigenvalue weighted by atomic mass is 10.0. The van der Waals surface area contributed by atoms with E-state index >= 15 is 0 Å². The quantitative estimate of drug-likeness (QED) is 0.708. The van der Waals surface area contributed by atoms with Gasteiger partial charge in [-0.05, 0) is 18.9 Å². The molecule has 3 aromatic rings. The molecule has 7 nitrogen and oxygen atoms in total. The summed E-state index contributed by atoms with van der Waals surface area (Å²) in [7, 11) is 0. The maximum Gasteiger partial charge on any atom is 0.342 e. The average Bonchev–Trinajstić information content (AvgIpc) is 2.94. The number of aromatic nitrogens is 2. The Morgan fingerprint density at radius 1 is 1.17 bits per heavy atom. The van der Waals surface area contributed by atoms with Crippen LogP contribution in [0.1, 0.15) is 29.8 Å². The summed E-state index contributed by atoms with van der Waals surface area (Å²) in [6, 6.07) is 7.71. The summed E-state index contributed by atoms with van der Waals surface area (Å²) in [6.45, 7) is 4.03. The Morgan fingerprint density at radius 3 is 2.50 bits per heavy atom. The SMILES string of the molecule is CCOC(=O)c1c(-c2ccc(CC)cc2)oc2nc(N)nc(N)c12. The third-order valence-corrected chi connectivity index (χ3v) is 3.70. The van der Waals surface area contributed by atoms with Gasteiger partial charge in [0.15, 0.2) is 5.76 Å². The Kier molecular flexibility index (Phi) is 4.07. The van der Waals surface area contributed by atoms with E-state index in [1.165, 1.54) is 5.56 Å². The molecule has 0 saturated carbocycles. The van der Waals surface area contributed by atoms with E-state index in [0.717, 1.165) is 12.0 Å². The number of rotatable bonds is 4. The molecular weight excluding hydrogens is 308 g/mol. The van der Waals surface area contributed by atoms with Crippen LogP contribution in [0.4, 0.5) is 11.8 Å². The van der Waals surface area contributed by atoms with E-state index in [4.69, 9.17) is 20.6 Å². The van der Waals surface area contributed by atoms with Gasteiger partial charge in [0.05, 0.1) is 12.0 Å². The van der Waals surface area contributed by atoms with Gasteiger partial charge >= 0.3 is 5.97 Å². The minimum atomic E-state index is -0.536. The van der Waals surface area contributed by atoms with Crippen molar-refractivity contribution in [3.63, 3.8) is 0 Å². The van der Waals surface area contributed by atoms with Crippen LogP contribution in [0.25, 0.3) is 22.4 Å². The van der Waals surface area contributed by atoms with Gasteiger partial charge in [0.1, 0.15) is 11.4 Å². The first-order valence-electron chi connectivity index (χ1n) is 7.67. The molecule has 0 saturated heterocycles. The third-order valence-electron chi connectivity index (χ3n) is 3.70. The zero-order chi connectivity index (χ0) is 17.3. The highest BCUT2D eigenvalue weighted by atomic mass is 16.5. The Labute approximate surface area is 138 Å². The molecule has 7 heteroatoms. The summed E-state index contributed by atoms with van der Waals surface area (Å²) in [5.74, 6) is -0.124. The topological polar surface area (TPSA) is 117 Å². The molecule has 2 aromatic heterocycles. The molecule has 0 unspecified atom stereocenters. The number of esters is 1. The van der Waals surface area contributed by atoms with Gasteiger partial charge in [0.2, 0.25) is 11.7 Å². The highest BCUT2D eigenvalue weighted by Crippen LogP contribution is 2.36. The van der Waals surface area contributed by atoms with Crippen LogP contribution >= 0.6 is 0 Å². The molecule has 0 bridgehead atoms. The first-order chi connectivity index (χ1) is 11.5. The van der Waals surface area contributed by atoms with Crippen LogP contribution in [0.5, 0.6) is 0 Å². The lowest BCUT2D eigenvalue weighted by molar-refractivity contribution is 0.0528. The summed E-state index contributed by atoms with van der Waals surface area (Å²) in [4.78, 5) is 20.4. The van der Waals surface area contributed by atoms with Crippen molar-refractivity contribution in [2.24, 2.45) is 0 Å². The van der Waals surface area contributed by atoms with Gasteiger partial charge in [0, 0.05) is 5.56 Å². The van der Waals surface area contributed by atoms with Crippen LogP contribution in [0, 0.1) is 0 Å². The standard InChI is InChI=1S/C17H18N4O3/c1-3-9-5-7-10(8-6-9)13-11(16(22)23-4-2)12-14(18)20-17(19)21-15(12)24-13/h5-8H,3-4H2,1-2H3,(H4,18,19,20,21). The van der Waals surface area contributed by atoms with Crippen molar-refractivity contribution in [2.45, 2.75) is 20.3 Å². The number of anilines is 2. The van der Waals surface area contributed by atoms with Crippen molar-refractivity contribution < 1.29 is 13.9 Å². The maximum atomic E-state index is 12.4. The zero-order valence-electron chi connectivity index (χ0n) is 13.5. The first-order valence-corrected chi connectivity index (χ1v) is 7.67. The second kappa shape index (κ2) is 6.19. The highest BCUT2D eigenvalue weighted by molar-refractivity contribution is 6.11. The number of nitrogen functional groups attached to an aromatic ring is 2. The van der Waals surface area contributed by atoms with Crippen molar-refractivity contribution in [1.29, 1.82) is 0 Å². The van der Waals surface area contributed by atoms with Crippen molar-refractivity contribution in [3.05, 3.63) is 35.4 Å². The van der Waals surface area contributed by atoms with Gasteiger partial charge in [-0.3, -0.25) is 0 Å². The number of nitrogens with zero attached hydrogens (tertiary/aromatic N) is 2. The molecule has 0 fully saturated rings. The van der Waals surface area contributed by atoms with Crippen LogP contribution in [0.2, 0.25) is 0 Å². The lowest BCUT2D eigenvalue weighted by Gasteiger charge is -2.04. The molecule has 2 heterocycles. The van der Waals surface area contributed by atoms with E-state index in [2.05, 4.69) is 16.9 Å². The zero-order valence-corrected chi connectivity index (χ0v) is 13.5. The fourth-order valence-corrected chi connectivity index (χ4v) is 2.54. The largest absolute Gasteiger partial charge is 0.462 e. The van der Waals surface area contributed by atoms with Crippen LogP contribution in [0.3, 0.4) is 0 Å². The number of nitrogens with two attached hydrogens (primary N) is 2. The molecule has 1 aromatic carbocycles. The van der Waals surface area contributed by atoms with Crippen molar-refractivity contribution in [2.75, 3.05) is 18.1 Å². The molecule has 0 amide bonds. The van der Waals surface area contributed by atoms with Crippen molar-refractivity contribution in [1.82, 2.24) is 9.97 Å². The minimum Gasteiger partial charge on any atom is -0.462 e. The summed E-state index contributed by atoms with van der Waals surface area (Å²) in [5, 5.41) is 0.317. The molecule has 0 aliphatic heterocycles. The Bertz CT molecular complexity index is 900. The molecule has 4 N–H and O–H groups in total. The van der Waals surface area contributed by atoms with Gasteiger partial charge < -0.3 is 20.6 Å². The van der Waals surface area contributed by atoms with E-state index in [0.29, 0.717) is 11.1 Å². The number of carbonyl (C=O) groups excluding carboxylic acids is 1. The molecule has 0 radical (unpaired) electrons. The number of carbonyl (C=O) groups is 1. The second-order valence-electron chi connectivity index (χ2n) is 5.22. The van der Waals surface area contributed by atoms with Crippen molar-refractivity contribution >= 4 is 28.8 Å². The first kappa shape index (κ1) is 15.8. The number of aryl methyl sites for hydroxylation is 1. The number of ether oxygens (including phenoxy) is 1. The van der Waals surface area contributed by atoms with Gasteiger partial charge in [0.25, 0.3) is 0 Å². The average molecular weight is 326 g/mol. The van der Waals surface area contributed by atoms with E-state index in [9.17, 15) is 4.79 Å². The molecule has 0 aliphatic carbocycles. The van der Waals surface area contributed by atoms with Gasteiger partial charge in [-0.2, -0.15) is 9.97 Å². The van der Waals surface area contributed by atoms with Crippen LogP contribution in [-0.2, 0) is 11.2 Å². The number of hydrogen-bond donors (Lipinski definition) is 2. The third kappa shape index (κ3) is 2.64. The fraction of sp³-hybridized carbons (Fsp3) is 0.235. The molecule has 3 rings (SSSR count). The number of benzene rings is 1. The molecule has 24 heavy (non-hydrogen) atoms. The molecule has 0 atom stereocenters. The lowest BCUT2D eigenvalue weighted by Crippen LogP contribution is -2.07. The van der Waals surface area contributed by atoms with Crippen LogP contribution in [-0.4, -0.2) is 22.5 Å². The number of fused-ring (bicyclic) bond motifs is 1. The van der Waals surface area contributed by atoms with E-state index in [1.807, 2.05) is 24.3 Å². The predicted molar refractivity (Wildman–Crippen MR) is 91.4 cm³/mol. The van der Waals surface area contributed by atoms with Crippen LogP contribution < -0.4 is 11.5 Å². The number of hydrogen-bond acceptors (Lipinski definition) is 7. The molecule has 0 aliphatic rings. The fourth-order valence-electron chi connectivity index (χ4n) is 2.54. The maximum absolute atomic E-state index is 12.4. The van der Waals surface area contributed by atoms with Gasteiger partial charge in [-0.15, -0.1) is 0 Å². The van der Waals surface area contributed by atoms with E-state index in [-0.39, 0.29) is 29.7 Å². The smallest absolute Gasteiger partial charge is 0.342 e. The van der Waals surface area contributed by atoms with Crippen LogP contribution in [0.15, 0.2) is 28.7 Å². The highest BCUT2D eigenvalue weighted by Gasteiger charge is 2.26.